The molecule has 2 aromatic carbocycles. The quantitative estimate of drug-likeness (QED) is 0.546. The lowest BCUT2D eigenvalue weighted by Crippen LogP contribution is -2.02. The Kier molecular flexibility index (Phi) is 4.51. The Balaban J connectivity index is 1.72. The number of ether oxygens (including phenoxy) is 1. The van der Waals surface area contributed by atoms with E-state index in [1.54, 1.807) is 7.11 Å². The van der Waals surface area contributed by atoms with Gasteiger partial charge in [0.05, 0.1) is 23.5 Å². The van der Waals surface area contributed by atoms with Crippen LogP contribution < -0.4 is 10.5 Å². The van der Waals surface area contributed by atoms with Gasteiger partial charge >= 0.3 is 0 Å². The summed E-state index contributed by atoms with van der Waals surface area (Å²) in [4.78, 5) is 4.62. The number of hydrogen-bond acceptors (Lipinski definition) is 6. The van der Waals surface area contributed by atoms with Crippen molar-refractivity contribution in [2.24, 2.45) is 0 Å². The Morgan fingerprint density at radius 2 is 2.04 bits per heavy atom. The van der Waals surface area contributed by atoms with Gasteiger partial charge in [-0.2, -0.15) is 4.68 Å². The molecule has 4 rings (SSSR count). The predicted molar refractivity (Wildman–Crippen MR) is 104 cm³/mol. The number of halogens is 2. The zero-order chi connectivity index (χ0) is 19.0. The number of thiazole rings is 1. The molecule has 0 aliphatic rings. The Bertz CT molecular complexity index is 1130. The first-order chi connectivity index (χ1) is 13.1. The number of nitrogen functional groups attached to an aromatic ring is 1. The molecule has 0 radical (unpaired) electrons. The summed E-state index contributed by atoms with van der Waals surface area (Å²) in [5, 5.41) is 10.7. The first-order valence-electron chi connectivity index (χ1n) is 7.84. The number of para-hydroxylation sites is 1. The summed E-state index contributed by atoms with van der Waals surface area (Å²) in [5.41, 5.74) is 8.79. The number of methoxy groups -OCH3 is 1. The molecule has 0 aliphatic carbocycles. The van der Waals surface area contributed by atoms with Gasteiger partial charge in [-0.15, -0.1) is 16.4 Å². The maximum Gasteiger partial charge on any atom is 0.165 e. The summed E-state index contributed by atoms with van der Waals surface area (Å²) in [6, 6.07) is 11.8. The van der Waals surface area contributed by atoms with E-state index < -0.39 is 5.82 Å². The van der Waals surface area contributed by atoms with Gasteiger partial charge in [-0.25, -0.2) is 9.37 Å². The van der Waals surface area contributed by atoms with Gasteiger partial charge in [0, 0.05) is 10.9 Å². The highest BCUT2D eigenvalue weighted by molar-refractivity contribution is 7.13. The Morgan fingerprint density at radius 1 is 1.22 bits per heavy atom. The number of nitrogens with zero attached hydrogens (tertiary/aromatic N) is 4. The van der Waals surface area contributed by atoms with E-state index in [0.29, 0.717) is 22.2 Å². The third kappa shape index (κ3) is 3.13. The Labute approximate surface area is 163 Å². The summed E-state index contributed by atoms with van der Waals surface area (Å²) in [6.07, 6.45) is 0. The largest absolute Gasteiger partial charge is 0.496 e. The molecule has 6 nitrogen and oxygen atoms in total. The molecular formula is C18H13ClFN5OS. The minimum atomic E-state index is -0.513. The molecule has 0 atom stereocenters. The van der Waals surface area contributed by atoms with Crippen molar-refractivity contribution in [3.63, 3.8) is 0 Å². The molecule has 0 aliphatic heterocycles. The van der Waals surface area contributed by atoms with E-state index in [1.165, 1.54) is 34.2 Å². The van der Waals surface area contributed by atoms with Crippen LogP contribution >= 0.6 is 22.9 Å². The molecule has 2 aromatic heterocycles. The maximum atomic E-state index is 13.4. The van der Waals surface area contributed by atoms with Crippen molar-refractivity contribution >= 4 is 28.8 Å². The molecule has 0 bridgehead atoms. The molecular weight excluding hydrogens is 389 g/mol. The Morgan fingerprint density at radius 3 is 2.81 bits per heavy atom. The smallest absolute Gasteiger partial charge is 0.165 e. The third-order valence-electron chi connectivity index (χ3n) is 3.94. The predicted octanol–water partition coefficient (Wildman–Crippen LogP) is 4.44. The van der Waals surface area contributed by atoms with Crippen LogP contribution in [0.1, 0.15) is 0 Å². The molecule has 0 saturated heterocycles. The van der Waals surface area contributed by atoms with Crippen molar-refractivity contribution in [1.29, 1.82) is 0 Å². The highest BCUT2D eigenvalue weighted by Gasteiger charge is 2.18. The second-order valence-corrected chi connectivity index (χ2v) is 6.84. The van der Waals surface area contributed by atoms with Crippen LogP contribution in [0, 0.1) is 5.82 Å². The standard InChI is InChI=1S/C18H13ClFN5OS/c1-26-15-5-3-2-4-11(15)14-9-27-18(22-14)16-17(21)25(24-23-16)10-6-7-13(20)12(19)8-10/h2-9H,21H2,1H3. The highest BCUT2D eigenvalue weighted by atomic mass is 35.5. The average molecular weight is 402 g/mol. The van der Waals surface area contributed by atoms with E-state index in [1.807, 2.05) is 29.6 Å². The molecule has 2 heterocycles. The van der Waals surface area contributed by atoms with Crippen LogP contribution in [-0.2, 0) is 0 Å². The second-order valence-electron chi connectivity index (χ2n) is 5.57. The first-order valence-corrected chi connectivity index (χ1v) is 9.10. The van der Waals surface area contributed by atoms with Crippen molar-refractivity contribution < 1.29 is 9.13 Å². The van der Waals surface area contributed by atoms with E-state index in [0.717, 1.165) is 17.0 Å². The van der Waals surface area contributed by atoms with E-state index in [9.17, 15) is 4.39 Å². The zero-order valence-corrected chi connectivity index (χ0v) is 15.6. The fraction of sp³-hybridized carbons (Fsp3) is 0.0556. The van der Waals surface area contributed by atoms with Gasteiger partial charge in [-0.1, -0.05) is 28.9 Å². The van der Waals surface area contributed by atoms with Crippen LogP contribution in [-0.4, -0.2) is 27.1 Å². The normalized spacial score (nSPS) is 10.9. The lowest BCUT2D eigenvalue weighted by atomic mass is 10.1. The fourth-order valence-electron chi connectivity index (χ4n) is 2.61. The van der Waals surface area contributed by atoms with Crippen molar-refractivity contribution in [3.8, 4) is 33.4 Å². The van der Waals surface area contributed by atoms with Gasteiger partial charge < -0.3 is 10.5 Å². The van der Waals surface area contributed by atoms with Crippen molar-refractivity contribution in [1.82, 2.24) is 20.0 Å². The Hall–Kier alpha value is -2.97. The van der Waals surface area contributed by atoms with E-state index in [2.05, 4.69) is 15.3 Å². The average Bonchev–Trinajstić information content (AvgIpc) is 3.30. The lowest BCUT2D eigenvalue weighted by Gasteiger charge is -2.05. The highest BCUT2D eigenvalue weighted by Crippen LogP contribution is 2.35. The van der Waals surface area contributed by atoms with Crippen molar-refractivity contribution in [2.45, 2.75) is 0 Å². The van der Waals surface area contributed by atoms with Gasteiger partial charge in [-0.3, -0.25) is 0 Å². The van der Waals surface area contributed by atoms with Crippen molar-refractivity contribution in [2.75, 3.05) is 12.8 Å². The molecule has 0 fully saturated rings. The van der Waals surface area contributed by atoms with Crippen LogP contribution in [0.4, 0.5) is 10.2 Å². The summed E-state index contributed by atoms with van der Waals surface area (Å²) >= 11 is 7.24. The van der Waals surface area contributed by atoms with Gasteiger partial charge in [-0.05, 0) is 30.3 Å². The third-order valence-corrected chi connectivity index (χ3v) is 5.08. The minimum Gasteiger partial charge on any atom is -0.496 e. The fourth-order valence-corrected chi connectivity index (χ4v) is 3.60. The molecule has 9 heteroatoms. The molecule has 2 N–H and O–H groups in total. The first kappa shape index (κ1) is 17.4. The lowest BCUT2D eigenvalue weighted by molar-refractivity contribution is 0.416. The molecule has 136 valence electrons. The van der Waals surface area contributed by atoms with Gasteiger partial charge in [0.1, 0.15) is 16.6 Å². The SMILES string of the molecule is COc1ccccc1-c1csc(-c2nnn(-c3ccc(F)c(Cl)c3)c2N)n1. The maximum absolute atomic E-state index is 13.4. The number of benzene rings is 2. The molecule has 0 amide bonds. The number of nitrogens with two attached hydrogens (primary N) is 1. The molecule has 0 saturated carbocycles. The minimum absolute atomic E-state index is 0.0170. The van der Waals surface area contributed by atoms with Crippen LogP contribution in [0.3, 0.4) is 0 Å². The number of aromatic nitrogens is 4. The van der Waals surface area contributed by atoms with E-state index >= 15 is 0 Å². The van der Waals surface area contributed by atoms with E-state index in [-0.39, 0.29) is 5.02 Å². The summed E-state index contributed by atoms with van der Waals surface area (Å²) < 4.78 is 20.2. The number of anilines is 1. The van der Waals surface area contributed by atoms with Gasteiger partial charge in [0.25, 0.3) is 0 Å². The van der Waals surface area contributed by atoms with Crippen molar-refractivity contribution in [3.05, 3.63) is 58.7 Å². The summed E-state index contributed by atoms with van der Waals surface area (Å²) in [7, 11) is 1.61. The van der Waals surface area contributed by atoms with E-state index in [4.69, 9.17) is 22.1 Å². The molecule has 27 heavy (non-hydrogen) atoms. The molecule has 0 unspecified atom stereocenters. The van der Waals surface area contributed by atoms with Gasteiger partial charge in [0.2, 0.25) is 0 Å². The second kappa shape index (κ2) is 6.98. The van der Waals surface area contributed by atoms with Crippen LogP contribution in [0.2, 0.25) is 5.02 Å². The van der Waals surface area contributed by atoms with Crippen LogP contribution in [0.25, 0.3) is 27.6 Å². The number of rotatable bonds is 4. The zero-order valence-electron chi connectivity index (χ0n) is 14.1. The topological polar surface area (TPSA) is 78.9 Å². The molecule has 0 spiro atoms. The summed E-state index contributed by atoms with van der Waals surface area (Å²) in [6.45, 7) is 0. The van der Waals surface area contributed by atoms with Gasteiger partial charge in [0.15, 0.2) is 11.5 Å². The summed E-state index contributed by atoms with van der Waals surface area (Å²) in [5.74, 6) is 0.506. The number of hydrogen-bond donors (Lipinski definition) is 1. The van der Waals surface area contributed by atoms with Crippen LogP contribution in [0.5, 0.6) is 5.75 Å². The molecule has 4 aromatic rings. The van der Waals surface area contributed by atoms with Crippen LogP contribution in [0.15, 0.2) is 47.8 Å². The monoisotopic (exact) mass is 401 g/mol.